The second-order valence-electron chi connectivity index (χ2n) is 5.18. The van der Waals surface area contributed by atoms with Crippen LogP contribution in [0.4, 0.5) is 0 Å². The molecule has 118 valence electrons. The van der Waals surface area contributed by atoms with Crippen LogP contribution in [0.2, 0.25) is 15.1 Å². The molecule has 23 heavy (non-hydrogen) atoms. The molecular weight excluding hydrogens is 393 g/mol. The summed E-state index contributed by atoms with van der Waals surface area (Å²) in [5.41, 5.74) is 3.39. The van der Waals surface area contributed by atoms with E-state index in [1.165, 1.54) is 0 Å². The minimum absolute atomic E-state index is 0.541. The molecule has 0 unspecified atom stereocenters. The Balaban J connectivity index is 2.21. The van der Waals surface area contributed by atoms with E-state index in [0.717, 1.165) is 35.1 Å². The standard InChI is InChI=1S/C18H11Cl5/c19-11-4-1-3-10(9-11)16-14(20)8-7-13(18(16)23)12-5-2-6-15(21)17(12)22/h1,3-4,6-9H,2,5H2. The Morgan fingerprint density at radius 2 is 1.65 bits per heavy atom. The summed E-state index contributed by atoms with van der Waals surface area (Å²) in [4.78, 5) is 0. The zero-order valence-electron chi connectivity index (χ0n) is 11.8. The molecule has 1 aliphatic carbocycles. The van der Waals surface area contributed by atoms with Crippen molar-refractivity contribution in [2.75, 3.05) is 0 Å². The van der Waals surface area contributed by atoms with Crippen LogP contribution >= 0.6 is 58.0 Å². The van der Waals surface area contributed by atoms with Crippen LogP contribution < -0.4 is 0 Å². The van der Waals surface area contributed by atoms with Gasteiger partial charge in [0.1, 0.15) is 0 Å². The fourth-order valence-corrected chi connectivity index (χ4v) is 4.02. The van der Waals surface area contributed by atoms with Crippen LogP contribution in [0, 0.1) is 0 Å². The van der Waals surface area contributed by atoms with Gasteiger partial charge in [-0.05, 0) is 47.7 Å². The van der Waals surface area contributed by atoms with Crippen molar-refractivity contribution in [2.45, 2.75) is 12.8 Å². The quantitative estimate of drug-likeness (QED) is 0.473. The van der Waals surface area contributed by atoms with Crippen molar-refractivity contribution in [3.8, 4) is 11.1 Å². The molecule has 0 saturated heterocycles. The van der Waals surface area contributed by atoms with Gasteiger partial charge in [0.25, 0.3) is 0 Å². The van der Waals surface area contributed by atoms with E-state index in [-0.39, 0.29) is 0 Å². The topological polar surface area (TPSA) is 0 Å². The van der Waals surface area contributed by atoms with E-state index in [2.05, 4.69) is 0 Å². The summed E-state index contributed by atoms with van der Waals surface area (Å²) in [6, 6.07) is 11.1. The van der Waals surface area contributed by atoms with Crippen molar-refractivity contribution in [2.24, 2.45) is 0 Å². The van der Waals surface area contributed by atoms with Gasteiger partial charge in [0.15, 0.2) is 0 Å². The molecule has 0 nitrogen and oxygen atoms in total. The molecule has 0 atom stereocenters. The van der Waals surface area contributed by atoms with Crippen molar-refractivity contribution >= 4 is 63.6 Å². The van der Waals surface area contributed by atoms with Crippen molar-refractivity contribution in [3.63, 3.8) is 0 Å². The Bertz CT molecular complexity index is 833. The van der Waals surface area contributed by atoms with Gasteiger partial charge in [0.05, 0.1) is 15.1 Å². The van der Waals surface area contributed by atoms with Crippen molar-refractivity contribution in [1.29, 1.82) is 0 Å². The fourth-order valence-electron chi connectivity index (χ4n) is 2.63. The lowest BCUT2D eigenvalue weighted by molar-refractivity contribution is 1.05. The molecule has 5 heteroatoms. The van der Waals surface area contributed by atoms with Gasteiger partial charge in [-0.1, -0.05) is 82.3 Å². The normalized spacial score (nSPS) is 14.9. The highest BCUT2D eigenvalue weighted by molar-refractivity contribution is 6.47. The highest BCUT2D eigenvalue weighted by atomic mass is 35.5. The van der Waals surface area contributed by atoms with Crippen LogP contribution in [0.1, 0.15) is 18.4 Å². The van der Waals surface area contributed by atoms with Gasteiger partial charge < -0.3 is 0 Å². The van der Waals surface area contributed by atoms with E-state index < -0.39 is 0 Å². The molecule has 1 aliphatic rings. The first-order valence-corrected chi connectivity index (χ1v) is 8.87. The predicted molar refractivity (Wildman–Crippen MR) is 103 cm³/mol. The zero-order chi connectivity index (χ0) is 16.6. The number of hydrogen-bond donors (Lipinski definition) is 0. The molecular formula is C18H11Cl5. The van der Waals surface area contributed by atoms with Crippen molar-refractivity contribution in [3.05, 3.63) is 73.2 Å². The molecule has 0 aliphatic heterocycles. The minimum atomic E-state index is 0.541. The third kappa shape index (κ3) is 3.43. The highest BCUT2D eigenvalue weighted by Gasteiger charge is 2.20. The summed E-state index contributed by atoms with van der Waals surface area (Å²) in [5, 5.41) is 2.85. The van der Waals surface area contributed by atoms with E-state index in [1.807, 2.05) is 42.5 Å². The molecule has 0 bridgehead atoms. The lowest BCUT2D eigenvalue weighted by Crippen LogP contribution is -1.96. The first-order chi connectivity index (χ1) is 11.0. The average molecular weight is 405 g/mol. The SMILES string of the molecule is ClC1=CCCC(c2ccc(Cl)c(-c3cccc(Cl)c3)c2Cl)=C1Cl. The maximum absolute atomic E-state index is 6.66. The zero-order valence-corrected chi connectivity index (χ0v) is 15.6. The number of halogens is 5. The summed E-state index contributed by atoms with van der Waals surface area (Å²) in [6.45, 7) is 0. The average Bonchev–Trinajstić information content (AvgIpc) is 2.51. The van der Waals surface area contributed by atoms with Gasteiger partial charge in [0, 0.05) is 15.6 Å². The third-order valence-electron chi connectivity index (χ3n) is 3.72. The minimum Gasteiger partial charge on any atom is -0.0843 e. The van der Waals surface area contributed by atoms with Gasteiger partial charge in [0.2, 0.25) is 0 Å². The van der Waals surface area contributed by atoms with E-state index in [4.69, 9.17) is 58.0 Å². The Kier molecular flexibility index (Phi) is 5.30. The van der Waals surface area contributed by atoms with Gasteiger partial charge in [-0.3, -0.25) is 0 Å². The molecule has 3 rings (SSSR count). The summed E-state index contributed by atoms with van der Waals surface area (Å²) >= 11 is 31.7. The molecule has 0 aromatic heterocycles. The summed E-state index contributed by atoms with van der Waals surface area (Å²) < 4.78 is 0. The lowest BCUT2D eigenvalue weighted by Gasteiger charge is -2.18. The molecule has 0 radical (unpaired) electrons. The first kappa shape index (κ1) is 17.2. The third-order valence-corrected chi connectivity index (χ3v) is 5.54. The van der Waals surface area contributed by atoms with E-state index >= 15 is 0 Å². The Hall–Kier alpha value is -0.630. The van der Waals surface area contributed by atoms with Gasteiger partial charge in [-0.15, -0.1) is 0 Å². The van der Waals surface area contributed by atoms with Gasteiger partial charge in [-0.2, -0.15) is 0 Å². The second-order valence-corrected chi connectivity index (χ2v) is 7.18. The lowest BCUT2D eigenvalue weighted by atomic mass is 9.93. The number of rotatable bonds is 2. The molecule has 0 spiro atoms. The first-order valence-electron chi connectivity index (χ1n) is 6.98. The summed E-state index contributed by atoms with van der Waals surface area (Å²) in [5.74, 6) is 0. The van der Waals surface area contributed by atoms with Crippen LogP contribution in [0.25, 0.3) is 16.7 Å². The number of allylic oxidation sites excluding steroid dienone is 4. The van der Waals surface area contributed by atoms with Crippen LogP contribution in [0.5, 0.6) is 0 Å². The fraction of sp³-hybridized carbons (Fsp3) is 0.111. The second kappa shape index (κ2) is 7.09. The summed E-state index contributed by atoms with van der Waals surface area (Å²) in [6.07, 6.45) is 3.52. The molecule has 0 heterocycles. The Morgan fingerprint density at radius 1 is 0.870 bits per heavy atom. The van der Waals surface area contributed by atoms with Crippen LogP contribution in [-0.2, 0) is 0 Å². The predicted octanol–water partition coefficient (Wildman–Crippen LogP) is 8.18. The Morgan fingerprint density at radius 3 is 2.39 bits per heavy atom. The molecule has 2 aromatic carbocycles. The van der Waals surface area contributed by atoms with Gasteiger partial charge >= 0.3 is 0 Å². The van der Waals surface area contributed by atoms with Crippen LogP contribution in [0.3, 0.4) is 0 Å². The number of hydrogen-bond acceptors (Lipinski definition) is 0. The smallest absolute Gasteiger partial charge is 0.0627 e. The van der Waals surface area contributed by atoms with E-state index in [1.54, 1.807) is 0 Å². The van der Waals surface area contributed by atoms with E-state index in [0.29, 0.717) is 25.1 Å². The monoisotopic (exact) mass is 402 g/mol. The number of benzene rings is 2. The maximum Gasteiger partial charge on any atom is 0.0627 e. The molecule has 0 fully saturated rings. The largest absolute Gasteiger partial charge is 0.0843 e. The van der Waals surface area contributed by atoms with Crippen molar-refractivity contribution in [1.82, 2.24) is 0 Å². The maximum atomic E-state index is 6.66. The van der Waals surface area contributed by atoms with E-state index in [9.17, 15) is 0 Å². The Labute approximate surface area is 160 Å². The molecule has 0 amide bonds. The highest BCUT2D eigenvalue weighted by Crippen LogP contribution is 2.44. The molecule has 0 N–H and O–H groups in total. The van der Waals surface area contributed by atoms with Crippen LogP contribution in [0.15, 0.2) is 52.5 Å². The molecule has 0 saturated carbocycles. The van der Waals surface area contributed by atoms with Crippen LogP contribution in [-0.4, -0.2) is 0 Å². The van der Waals surface area contributed by atoms with Gasteiger partial charge in [-0.25, -0.2) is 0 Å². The van der Waals surface area contributed by atoms with Crippen molar-refractivity contribution < 1.29 is 0 Å². The molecule has 2 aromatic rings. The summed E-state index contributed by atoms with van der Waals surface area (Å²) in [7, 11) is 0.